The van der Waals surface area contributed by atoms with Gasteiger partial charge in [0.1, 0.15) is 0 Å². The SMILES string of the molecule is [2H]C([2H])(c1ccc(-c2ccc(-c3ccccc3-c3cc(CCc4ccc(-c5ccccn5)cc4)cc(CCc4ccc(-c5ccccn5)cc4)c3)c(-c3ccc(C#N)c(C([2H])([2H])C(C)(C)C)c3)c2)nc1)C(C)(C)C. The molecule has 346 valence electrons. The highest BCUT2D eigenvalue weighted by Gasteiger charge is 2.20. The molecule has 0 aliphatic rings. The van der Waals surface area contributed by atoms with Gasteiger partial charge in [-0.25, -0.2) is 0 Å². The van der Waals surface area contributed by atoms with E-state index in [0.29, 0.717) is 22.4 Å². The third-order valence-electron chi connectivity index (χ3n) is 12.4. The van der Waals surface area contributed by atoms with Crippen molar-refractivity contribution >= 4 is 0 Å². The Morgan fingerprint density at radius 1 is 0.400 bits per heavy atom. The lowest BCUT2D eigenvalue weighted by Gasteiger charge is -2.21. The number of pyridine rings is 3. The van der Waals surface area contributed by atoms with Crippen molar-refractivity contribution in [3.05, 3.63) is 233 Å². The predicted octanol–water partition coefficient (Wildman–Crippen LogP) is 16.5. The zero-order valence-corrected chi connectivity index (χ0v) is 41.1. The molecule has 0 amide bonds. The average Bonchev–Trinajstić information content (AvgIpc) is 3.41. The first kappa shape index (κ1) is 42.4. The molecule has 4 nitrogen and oxygen atoms in total. The van der Waals surface area contributed by atoms with E-state index in [9.17, 15) is 8.00 Å². The monoisotopic (exact) mass is 915 g/mol. The maximum Gasteiger partial charge on any atom is 0.0994 e. The van der Waals surface area contributed by atoms with Crippen LogP contribution in [-0.2, 0) is 38.4 Å². The molecule has 0 aliphatic heterocycles. The van der Waals surface area contributed by atoms with E-state index in [1.54, 1.807) is 12.3 Å². The van der Waals surface area contributed by atoms with Gasteiger partial charge in [-0.15, -0.1) is 0 Å². The van der Waals surface area contributed by atoms with Gasteiger partial charge in [0, 0.05) is 40.8 Å². The molecule has 0 saturated carbocycles. The first-order valence-electron chi connectivity index (χ1n) is 26.3. The van der Waals surface area contributed by atoms with Crippen LogP contribution in [0.15, 0.2) is 195 Å². The van der Waals surface area contributed by atoms with E-state index in [0.717, 1.165) is 87.1 Å². The Bertz CT molecular complexity index is 3340. The Labute approximate surface area is 421 Å². The quantitative estimate of drug-likeness (QED) is 0.109. The molecule has 9 aromatic rings. The van der Waals surface area contributed by atoms with Crippen LogP contribution in [0.3, 0.4) is 0 Å². The molecule has 0 N–H and O–H groups in total. The summed E-state index contributed by atoms with van der Waals surface area (Å²) >= 11 is 0. The van der Waals surface area contributed by atoms with E-state index in [2.05, 4.69) is 125 Å². The van der Waals surface area contributed by atoms with Crippen LogP contribution >= 0.6 is 0 Å². The summed E-state index contributed by atoms with van der Waals surface area (Å²) in [5.74, 6) is 0. The Hall–Kier alpha value is -7.74. The van der Waals surface area contributed by atoms with Gasteiger partial charge < -0.3 is 0 Å². The molecule has 0 saturated heterocycles. The number of hydrogen-bond donors (Lipinski definition) is 0. The average molecular weight is 915 g/mol. The molecule has 0 radical (unpaired) electrons. The predicted molar refractivity (Wildman–Crippen MR) is 291 cm³/mol. The summed E-state index contributed by atoms with van der Waals surface area (Å²) in [6.07, 6.45) is 5.29. The molecule has 4 heteroatoms. The molecule has 0 spiro atoms. The highest BCUT2D eigenvalue weighted by Crippen LogP contribution is 2.42. The molecule has 0 fully saturated rings. The Morgan fingerprint density at radius 2 is 0.900 bits per heavy atom. The molecule has 0 atom stereocenters. The standard InChI is InChI=1S/C66H62N4/c1-65(2,3)42-50-25-34-64(70-45-50)54-32-33-60(61(41-54)53-30-31-55(44-67)57(40-53)43-66(4,5)6)59-14-8-7-13-58(59)56-38-48(19-17-46-21-26-51(27-22-46)62-15-9-11-35-68-62)37-49(39-56)20-18-47-23-28-52(29-24-47)63-16-10-12-36-69-63/h7-16,21-41,45H,17-20,42-43H2,1-6H3/i42D2,43D2. The van der Waals surface area contributed by atoms with Crippen LogP contribution in [0.5, 0.6) is 0 Å². The Morgan fingerprint density at radius 3 is 1.43 bits per heavy atom. The van der Waals surface area contributed by atoms with Gasteiger partial charge in [-0.05, 0) is 165 Å². The van der Waals surface area contributed by atoms with Crippen molar-refractivity contribution in [2.45, 2.75) is 80.0 Å². The maximum atomic E-state index is 10.3. The maximum absolute atomic E-state index is 10.3. The van der Waals surface area contributed by atoms with Crippen LogP contribution in [0, 0.1) is 22.2 Å². The lowest BCUT2D eigenvalue weighted by molar-refractivity contribution is 0.410. The van der Waals surface area contributed by atoms with Gasteiger partial charge in [0.2, 0.25) is 0 Å². The summed E-state index contributed by atoms with van der Waals surface area (Å²) in [5, 5.41) is 10.3. The fourth-order valence-electron chi connectivity index (χ4n) is 9.07. The number of rotatable bonds is 14. The van der Waals surface area contributed by atoms with Crippen molar-refractivity contribution in [1.29, 1.82) is 5.26 Å². The molecule has 0 aliphatic carbocycles. The second kappa shape index (κ2) is 20.9. The molecule has 3 aromatic heterocycles. The van der Waals surface area contributed by atoms with Crippen LogP contribution in [0.2, 0.25) is 0 Å². The van der Waals surface area contributed by atoms with Crippen LogP contribution in [-0.4, -0.2) is 15.0 Å². The van der Waals surface area contributed by atoms with E-state index in [-0.39, 0.29) is 0 Å². The van der Waals surface area contributed by atoms with E-state index < -0.39 is 23.6 Å². The second-order valence-corrected chi connectivity index (χ2v) is 20.2. The minimum absolute atomic E-state index is 0.301. The smallest absolute Gasteiger partial charge is 0.0994 e. The van der Waals surface area contributed by atoms with Crippen LogP contribution in [0.25, 0.3) is 67.2 Å². The van der Waals surface area contributed by atoms with Gasteiger partial charge in [-0.2, -0.15) is 5.26 Å². The van der Waals surface area contributed by atoms with Crippen molar-refractivity contribution in [3.63, 3.8) is 0 Å². The van der Waals surface area contributed by atoms with Gasteiger partial charge in [0.15, 0.2) is 0 Å². The van der Waals surface area contributed by atoms with Crippen molar-refractivity contribution in [2.75, 3.05) is 0 Å². The Balaban J connectivity index is 1.14. The highest BCUT2D eigenvalue weighted by atomic mass is 14.7. The minimum Gasteiger partial charge on any atom is -0.256 e. The van der Waals surface area contributed by atoms with Gasteiger partial charge in [-0.1, -0.05) is 169 Å². The third-order valence-corrected chi connectivity index (χ3v) is 12.4. The summed E-state index contributed by atoms with van der Waals surface area (Å²) in [6.45, 7) is 11.3. The fraction of sp³-hybridized carbons (Fsp3) is 0.212. The van der Waals surface area contributed by atoms with Crippen molar-refractivity contribution in [1.82, 2.24) is 15.0 Å². The number of aromatic nitrogens is 3. The van der Waals surface area contributed by atoms with Gasteiger partial charge in [0.25, 0.3) is 0 Å². The van der Waals surface area contributed by atoms with Crippen molar-refractivity contribution < 1.29 is 5.48 Å². The summed E-state index contributed by atoms with van der Waals surface area (Å²) in [4.78, 5) is 13.9. The fourth-order valence-corrected chi connectivity index (χ4v) is 9.07. The van der Waals surface area contributed by atoms with Crippen LogP contribution < -0.4 is 0 Å². The number of nitrogens with zero attached hydrogens (tertiary/aromatic N) is 4. The van der Waals surface area contributed by atoms with E-state index in [1.165, 1.54) is 22.3 Å². The molecule has 9 rings (SSSR count). The molecular formula is C66H62N4. The molecule has 70 heavy (non-hydrogen) atoms. The second-order valence-electron chi connectivity index (χ2n) is 20.2. The third kappa shape index (κ3) is 11.9. The van der Waals surface area contributed by atoms with Gasteiger partial charge >= 0.3 is 0 Å². The normalized spacial score (nSPS) is 12.9. The molecule has 0 unspecified atom stereocenters. The highest BCUT2D eigenvalue weighted by molar-refractivity contribution is 5.93. The summed E-state index contributed by atoms with van der Waals surface area (Å²) in [5.41, 5.74) is 16.1. The van der Waals surface area contributed by atoms with Gasteiger partial charge in [0.05, 0.1) is 28.7 Å². The number of nitriles is 1. The van der Waals surface area contributed by atoms with Crippen LogP contribution in [0.1, 0.15) is 86.0 Å². The van der Waals surface area contributed by atoms with Gasteiger partial charge in [-0.3, -0.25) is 15.0 Å². The lowest BCUT2D eigenvalue weighted by Crippen LogP contribution is -2.10. The minimum atomic E-state index is -1.83. The summed E-state index contributed by atoms with van der Waals surface area (Å²) in [7, 11) is 0. The number of aryl methyl sites for hydroxylation is 4. The summed E-state index contributed by atoms with van der Waals surface area (Å²) < 4.78 is 36.5. The molecule has 3 heterocycles. The summed E-state index contributed by atoms with van der Waals surface area (Å²) in [6, 6.07) is 62.7. The molecule has 6 aromatic carbocycles. The van der Waals surface area contributed by atoms with E-state index in [4.69, 9.17) is 7.73 Å². The topological polar surface area (TPSA) is 62.5 Å². The zero-order valence-electron chi connectivity index (χ0n) is 45.1. The van der Waals surface area contributed by atoms with E-state index in [1.807, 2.05) is 115 Å². The molecule has 0 bridgehead atoms. The number of hydrogen-bond acceptors (Lipinski definition) is 4. The largest absolute Gasteiger partial charge is 0.256 e. The first-order valence-corrected chi connectivity index (χ1v) is 24.3. The van der Waals surface area contributed by atoms with Crippen LogP contribution in [0.4, 0.5) is 0 Å². The zero-order chi connectivity index (χ0) is 52.3. The first-order chi connectivity index (χ1) is 35.4. The molecular weight excluding hydrogens is 849 g/mol. The lowest BCUT2D eigenvalue weighted by atomic mass is 9.83. The van der Waals surface area contributed by atoms with Crippen molar-refractivity contribution in [3.8, 4) is 73.2 Å². The number of benzene rings is 6. The Kier molecular flexibility index (Phi) is 12.6. The van der Waals surface area contributed by atoms with Crippen molar-refractivity contribution in [2.24, 2.45) is 10.8 Å². The van der Waals surface area contributed by atoms with E-state index >= 15 is 0 Å².